The summed E-state index contributed by atoms with van der Waals surface area (Å²) in [7, 11) is -1.23. The van der Waals surface area contributed by atoms with Crippen molar-refractivity contribution in [3.63, 3.8) is 0 Å². The van der Waals surface area contributed by atoms with Gasteiger partial charge in [0.2, 0.25) is 0 Å². The number of furan rings is 1. The van der Waals surface area contributed by atoms with Gasteiger partial charge in [-0.3, -0.25) is 0 Å². The molecule has 3 fully saturated rings. The van der Waals surface area contributed by atoms with Gasteiger partial charge in [-0.1, -0.05) is 110 Å². The normalized spacial score (nSPS) is 18.2. The van der Waals surface area contributed by atoms with Crippen molar-refractivity contribution in [2.45, 2.75) is 58.2 Å². The van der Waals surface area contributed by atoms with Crippen molar-refractivity contribution in [1.29, 1.82) is 0 Å². The summed E-state index contributed by atoms with van der Waals surface area (Å²) < 4.78 is 6.46. The summed E-state index contributed by atoms with van der Waals surface area (Å²) in [5.74, 6) is 2.73. The molecule has 3 aliphatic rings. The second-order valence-electron chi connectivity index (χ2n) is 15.3. The van der Waals surface area contributed by atoms with Gasteiger partial charge in [0.25, 0.3) is 0 Å². The molecular formula is C46H44IrN2OSi-2. The molecule has 4 aromatic carbocycles. The molecule has 3 aliphatic carbocycles. The van der Waals surface area contributed by atoms with E-state index in [4.69, 9.17) is 9.40 Å². The third-order valence-corrected chi connectivity index (χ3v) is 13.0. The van der Waals surface area contributed by atoms with E-state index in [1.807, 2.05) is 48.8 Å². The van der Waals surface area contributed by atoms with E-state index in [0.717, 1.165) is 62.2 Å². The van der Waals surface area contributed by atoms with Crippen LogP contribution in [0.1, 0.15) is 37.7 Å². The Hall–Kier alpha value is -4.15. The van der Waals surface area contributed by atoms with Gasteiger partial charge >= 0.3 is 0 Å². The predicted octanol–water partition coefficient (Wildman–Crippen LogP) is 11.6. The van der Waals surface area contributed by atoms with Crippen molar-refractivity contribution >= 4 is 35.2 Å². The van der Waals surface area contributed by atoms with E-state index < -0.39 is 8.07 Å². The molecule has 10 rings (SSSR count). The second kappa shape index (κ2) is 15.2. The first-order valence-electron chi connectivity index (χ1n) is 18.2. The van der Waals surface area contributed by atoms with E-state index in [1.54, 1.807) is 0 Å². The van der Waals surface area contributed by atoms with Crippen LogP contribution in [0.3, 0.4) is 0 Å². The Balaban J connectivity index is 0.000000202. The van der Waals surface area contributed by atoms with Gasteiger partial charge in [0, 0.05) is 37.9 Å². The van der Waals surface area contributed by atoms with Gasteiger partial charge in [0.1, 0.15) is 5.58 Å². The van der Waals surface area contributed by atoms with Crippen LogP contribution < -0.4 is 5.19 Å². The average molecular weight is 861 g/mol. The minimum atomic E-state index is -1.23. The topological polar surface area (TPSA) is 38.9 Å². The molecule has 1 unspecified atom stereocenters. The number of fused-ring (bicyclic) bond motifs is 6. The van der Waals surface area contributed by atoms with Crippen molar-refractivity contribution in [3.05, 3.63) is 139 Å². The van der Waals surface area contributed by atoms with E-state index in [2.05, 4.69) is 110 Å². The maximum atomic E-state index is 6.46. The zero-order valence-electron chi connectivity index (χ0n) is 29.7. The molecule has 2 bridgehead atoms. The standard InChI is InChI=1S/C32H28NO.C14H16NSi.Ir/c1-2-5-23(6-3-1)25-13-14-27-28-7-4-8-29(32(28)34-31(27)20-25)30-19-22(15-16-33-30)18-26-17-21-9-11-24(26)12-10-21;1-16(2,3)13-9-10-14(15-11-13)12-7-5-4-6-8-12;/h1-7,13-16,19-21,24,26H,9-12,17-18H2;4-7,9-11H,1-3H3;/q2*-1;. The molecule has 5 heteroatoms. The summed E-state index contributed by atoms with van der Waals surface area (Å²) in [6.07, 6.45) is 12.4. The van der Waals surface area contributed by atoms with Crippen molar-refractivity contribution in [2.75, 3.05) is 0 Å². The van der Waals surface area contributed by atoms with Gasteiger partial charge in [0.05, 0.1) is 13.7 Å². The van der Waals surface area contributed by atoms with Gasteiger partial charge in [-0.2, -0.15) is 0 Å². The third kappa shape index (κ3) is 7.72. The van der Waals surface area contributed by atoms with Crippen LogP contribution in [0.4, 0.5) is 0 Å². The van der Waals surface area contributed by atoms with Gasteiger partial charge < -0.3 is 14.4 Å². The zero-order valence-corrected chi connectivity index (χ0v) is 33.1. The Morgan fingerprint density at radius 3 is 2.25 bits per heavy atom. The molecule has 3 nitrogen and oxygen atoms in total. The molecule has 259 valence electrons. The van der Waals surface area contributed by atoms with Crippen LogP contribution in [0.25, 0.3) is 55.6 Å². The minimum Gasteiger partial charge on any atom is -0.501 e. The van der Waals surface area contributed by atoms with Gasteiger partial charge in [-0.25, -0.2) is 0 Å². The Bertz CT molecular complexity index is 2220. The molecule has 0 saturated heterocycles. The van der Waals surface area contributed by atoms with Crippen molar-refractivity contribution in [3.8, 4) is 33.6 Å². The first-order chi connectivity index (χ1) is 24.4. The van der Waals surface area contributed by atoms with Crippen LogP contribution in [0.2, 0.25) is 19.6 Å². The maximum Gasteiger partial charge on any atom is 0.121 e. The summed E-state index contributed by atoms with van der Waals surface area (Å²) in [6.45, 7) is 7.00. The van der Waals surface area contributed by atoms with Crippen LogP contribution in [0, 0.1) is 29.9 Å². The summed E-state index contributed by atoms with van der Waals surface area (Å²) in [5, 5.41) is 3.66. The molecule has 3 saturated carbocycles. The summed E-state index contributed by atoms with van der Waals surface area (Å²) in [6, 6.07) is 44.4. The molecule has 3 aromatic heterocycles. The molecular weight excluding hydrogens is 817 g/mol. The molecule has 0 spiro atoms. The van der Waals surface area contributed by atoms with E-state index >= 15 is 0 Å². The Morgan fingerprint density at radius 2 is 1.55 bits per heavy atom. The zero-order chi connectivity index (χ0) is 34.1. The Morgan fingerprint density at radius 1 is 0.725 bits per heavy atom. The summed E-state index contributed by atoms with van der Waals surface area (Å²) in [4.78, 5) is 9.26. The molecule has 0 N–H and O–H groups in total. The average Bonchev–Trinajstić information content (AvgIpc) is 3.54. The van der Waals surface area contributed by atoms with E-state index in [0.29, 0.717) is 0 Å². The number of rotatable bonds is 6. The molecule has 0 amide bonds. The molecule has 0 aliphatic heterocycles. The smallest absolute Gasteiger partial charge is 0.121 e. The van der Waals surface area contributed by atoms with Gasteiger partial charge in [-0.15, -0.1) is 54.1 Å². The largest absolute Gasteiger partial charge is 0.501 e. The van der Waals surface area contributed by atoms with Crippen LogP contribution in [-0.2, 0) is 26.5 Å². The number of benzene rings is 4. The van der Waals surface area contributed by atoms with Crippen LogP contribution in [0.15, 0.2) is 126 Å². The number of nitrogens with zero attached hydrogens (tertiary/aromatic N) is 2. The molecule has 3 heterocycles. The first-order valence-corrected chi connectivity index (χ1v) is 21.7. The first kappa shape index (κ1) is 35.3. The molecule has 7 aromatic rings. The quantitative estimate of drug-likeness (QED) is 0.124. The van der Waals surface area contributed by atoms with E-state index in [9.17, 15) is 0 Å². The number of pyridine rings is 2. The van der Waals surface area contributed by atoms with Crippen molar-refractivity contribution in [1.82, 2.24) is 9.97 Å². The number of hydrogen-bond donors (Lipinski definition) is 0. The van der Waals surface area contributed by atoms with E-state index in [-0.39, 0.29) is 20.1 Å². The fraction of sp³-hybridized carbons (Fsp3) is 0.261. The maximum absolute atomic E-state index is 6.46. The Kier molecular flexibility index (Phi) is 10.5. The van der Waals surface area contributed by atoms with Crippen molar-refractivity contribution in [2.24, 2.45) is 17.8 Å². The second-order valence-corrected chi connectivity index (χ2v) is 20.3. The molecule has 51 heavy (non-hydrogen) atoms. The van der Waals surface area contributed by atoms with Crippen LogP contribution >= 0.6 is 0 Å². The SMILES string of the molecule is C[Si](C)(C)c1ccc(-c2[c-]cccc2)nc1.[Ir].[c-]1ccc2c(oc3cc(-c4ccccc4)ccc32)c1-c1cc(CC2CC3CCC2CC3)ccn1. The summed E-state index contributed by atoms with van der Waals surface area (Å²) >= 11 is 0. The van der Waals surface area contributed by atoms with Crippen LogP contribution in [-0.4, -0.2) is 18.0 Å². The number of aromatic nitrogens is 2. The molecule has 1 atom stereocenters. The number of hydrogen-bond acceptors (Lipinski definition) is 3. The minimum absolute atomic E-state index is 0. The van der Waals surface area contributed by atoms with Gasteiger partial charge in [0.15, 0.2) is 0 Å². The summed E-state index contributed by atoms with van der Waals surface area (Å²) in [5.41, 5.74) is 9.54. The van der Waals surface area contributed by atoms with Crippen LogP contribution in [0.5, 0.6) is 0 Å². The van der Waals surface area contributed by atoms with E-state index in [1.165, 1.54) is 60.4 Å². The Labute approximate surface area is 316 Å². The third-order valence-electron chi connectivity index (χ3n) is 10.9. The van der Waals surface area contributed by atoms with Crippen molar-refractivity contribution < 1.29 is 24.5 Å². The fourth-order valence-electron chi connectivity index (χ4n) is 8.10. The monoisotopic (exact) mass is 861 g/mol. The van der Waals surface area contributed by atoms with Gasteiger partial charge in [-0.05, 0) is 83.3 Å². The fourth-order valence-corrected chi connectivity index (χ4v) is 9.13. The molecule has 1 radical (unpaired) electrons. The predicted molar refractivity (Wildman–Crippen MR) is 210 cm³/mol.